The molecule has 140 valence electrons. The molecule has 0 radical (unpaired) electrons. The highest BCUT2D eigenvalue weighted by atomic mass is 32.2. The van der Waals surface area contributed by atoms with Gasteiger partial charge >= 0.3 is 0 Å². The van der Waals surface area contributed by atoms with Crippen LogP contribution in [0.5, 0.6) is 5.75 Å². The summed E-state index contributed by atoms with van der Waals surface area (Å²) < 4.78 is 30.9. The summed E-state index contributed by atoms with van der Waals surface area (Å²) in [5, 5.41) is 2.81. The Kier molecular flexibility index (Phi) is 5.92. The van der Waals surface area contributed by atoms with Crippen LogP contribution in [0.2, 0.25) is 0 Å². The molecule has 1 atom stereocenters. The van der Waals surface area contributed by atoms with Gasteiger partial charge in [0.15, 0.2) is 0 Å². The molecule has 7 heteroatoms. The van der Waals surface area contributed by atoms with Crippen molar-refractivity contribution in [2.24, 2.45) is 0 Å². The number of rotatable bonds is 6. The van der Waals surface area contributed by atoms with E-state index in [1.807, 2.05) is 32.0 Å². The second kappa shape index (κ2) is 7.78. The van der Waals surface area contributed by atoms with E-state index in [1.165, 1.54) is 7.11 Å². The molecule has 2 aromatic rings. The molecule has 0 aromatic heterocycles. The van der Waals surface area contributed by atoms with Crippen LogP contribution in [0.25, 0.3) is 0 Å². The first-order valence-electron chi connectivity index (χ1n) is 8.15. The Labute approximate surface area is 154 Å². The normalized spacial score (nSPS) is 12.3. The lowest BCUT2D eigenvalue weighted by atomic mass is 10.1. The van der Waals surface area contributed by atoms with Crippen LogP contribution < -0.4 is 14.4 Å². The molecule has 0 aliphatic heterocycles. The molecule has 1 N–H and O–H groups in total. The van der Waals surface area contributed by atoms with Crippen LogP contribution in [0, 0.1) is 13.8 Å². The number of ether oxygens (including phenoxy) is 1. The molecule has 0 fully saturated rings. The van der Waals surface area contributed by atoms with Crippen molar-refractivity contribution in [3.63, 3.8) is 0 Å². The van der Waals surface area contributed by atoms with Crippen molar-refractivity contribution in [1.82, 2.24) is 0 Å². The smallest absolute Gasteiger partial charge is 0.248 e. The van der Waals surface area contributed by atoms with Crippen molar-refractivity contribution in [3.05, 3.63) is 53.6 Å². The van der Waals surface area contributed by atoms with E-state index in [1.54, 1.807) is 31.2 Å². The Hall–Kier alpha value is -2.54. The van der Waals surface area contributed by atoms with Gasteiger partial charge in [-0.3, -0.25) is 9.10 Å². The van der Waals surface area contributed by atoms with E-state index in [0.717, 1.165) is 21.7 Å². The summed E-state index contributed by atoms with van der Waals surface area (Å²) >= 11 is 0. The van der Waals surface area contributed by atoms with Crippen molar-refractivity contribution >= 4 is 27.3 Å². The molecule has 0 bridgehead atoms. The van der Waals surface area contributed by atoms with Crippen molar-refractivity contribution < 1.29 is 17.9 Å². The minimum Gasteiger partial charge on any atom is -0.497 e. The molecular weight excluding hydrogens is 352 g/mol. The Bertz CT molecular complexity index is 910. The molecule has 0 saturated carbocycles. The largest absolute Gasteiger partial charge is 0.497 e. The van der Waals surface area contributed by atoms with E-state index in [4.69, 9.17) is 4.74 Å². The first-order valence-corrected chi connectivity index (χ1v) is 10.00. The number of carbonyl (C=O) groups is 1. The van der Waals surface area contributed by atoms with Gasteiger partial charge in [0.1, 0.15) is 11.8 Å². The zero-order valence-corrected chi connectivity index (χ0v) is 16.4. The van der Waals surface area contributed by atoms with Crippen LogP contribution >= 0.6 is 0 Å². The fourth-order valence-corrected chi connectivity index (χ4v) is 3.91. The van der Waals surface area contributed by atoms with E-state index >= 15 is 0 Å². The van der Waals surface area contributed by atoms with Crippen LogP contribution in [0.15, 0.2) is 42.5 Å². The summed E-state index contributed by atoms with van der Waals surface area (Å²) in [7, 11) is -2.18. The Morgan fingerprint density at radius 3 is 2.42 bits per heavy atom. The maximum absolute atomic E-state index is 12.7. The van der Waals surface area contributed by atoms with Gasteiger partial charge in [0, 0.05) is 11.8 Å². The van der Waals surface area contributed by atoms with Crippen LogP contribution in [-0.4, -0.2) is 33.7 Å². The summed E-state index contributed by atoms with van der Waals surface area (Å²) in [6, 6.07) is 11.3. The van der Waals surface area contributed by atoms with Gasteiger partial charge < -0.3 is 10.1 Å². The van der Waals surface area contributed by atoms with E-state index in [-0.39, 0.29) is 0 Å². The molecule has 0 unspecified atom stereocenters. The van der Waals surface area contributed by atoms with Gasteiger partial charge in [-0.05, 0) is 44.5 Å². The van der Waals surface area contributed by atoms with Gasteiger partial charge in [0.25, 0.3) is 0 Å². The third-order valence-corrected chi connectivity index (χ3v) is 5.28. The standard InChI is InChI=1S/C19H24N2O4S/c1-13-9-10-18(14(2)11-13)20-19(22)15(3)21(26(5,23)24)16-7-6-8-17(12-16)25-4/h6-12,15H,1-5H3,(H,20,22)/t15-/m0/s1. The lowest BCUT2D eigenvalue weighted by Crippen LogP contribution is -2.45. The molecule has 2 aromatic carbocycles. The lowest BCUT2D eigenvalue weighted by Gasteiger charge is -2.28. The third kappa shape index (κ3) is 4.54. The molecule has 2 rings (SSSR count). The quantitative estimate of drug-likeness (QED) is 0.840. The highest BCUT2D eigenvalue weighted by Crippen LogP contribution is 2.26. The van der Waals surface area contributed by atoms with Crippen LogP contribution in [0.4, 0.5) is 11.4 Å². The van der Waals surface area contributed by atoms with Gasteiger partial charge in [-0.15, -0.1) is 0 Å². The Morgan fingerprint density at radius 2 is 1.85 bits per heavy atom. The van der Waals surface area contributed by atoms with Gasteiger partial charge in [-0.25, -0.2) is 8.42 Å². The zero-order valence-electron chi connectivity index (χ0n) is 15.6. The number of anilines is 2. The van der Waals surface area contributed by atoms with Gasteiger partial charge in [0.05, 0.1) is 19.1 Å². The number of aryl methyl sites for hydroxylation is 2. The molecule has 0 aliphatic rings. The highest BCUT2D eigenvalue weighted by Gasteiger charge is 2.29. The van der Waals surface area contributed by atoms with Crippen LogP contribution in [0.3, 0.4) is 0 Å². The monoisotopic (exact) mass is 376 g/mol. The average molecular weight is 376 g/mol. The number of carbonyl (C=O) groups excluding carboxylic acids is 1. The number of nitrogens with zero attached hydrogens (tertiary/aromatic N) is 1. The number of benzene rings is 2. The fraction of sp³-hybridized carbons (Fsp3) is 0.316. The van der Waals surface area contributed by atoms with E-state index in [2.05, 4.69) is 5.32 Å². The first-order chi connectivity index (χ1) is 12.1. The number of hydrogen-bond donors (Lipinski definition) is 1. The summed E-state index contributed by atoms with van der Waals surface area (Å²) in [5.41, 5.74) is 3.03. The molecule has 0 saturated heterocycles. The summed E-state index contributed by atoms with van der Waals surface area (Å²) in [5.74, 6) is 0.100. The third-order valence-electron chi connectivity index (χ3n) is 4.04. The van der Waals surface area contributed by atoms with E-state index in [0.29, 0.717) is 17.1 Å². The highest BCUT2D eigenvalue weighted by molar-refractivity contribution is 7.92. The van der Waals surface area contributed by atoms with Gasteiger partial charge in [-0.1, -0.05) is 23.8 Å². The Balaban J connectivity index is 2.34. The molecule has 0 aliphatic carbocycles. The number of methoxy groups -OCH3 is 1. The van der Waals surface area contributed by atoms with Crippen molar-refractivity contribution in [1.29, 1.82) is 0 Å². The van der Waals surface area contributed by atoms with Crippen LogP contribution in [0.1, 0.15) is 18.1 Å². The molecule has 0 heterocycles. The average Bonchev–Trinajstić information content (AvgIpc) is 2.56. The maximum Gasteiger partial charge on any atom is 0.248 e. The zero-order chi connectivity index (χ0) is 19.5. The summed E-state index contributed by atoms with van der Waals surface area (Å²) in [4.78, 5) is 12.7. The number of hydrogen-bond acceptors (Lipinski definition) is 4. The number of nitrogens with one attached hydrogen (secondary N) is 1. The minimum absolute atomic E-state index is 0.370. The SMILES string of the molecule is COc1cccc(N([C@@H](C)C(=O)Nc2ccc(C)cc2C)S(C)(=O)=O)c1. The van der Waals surface area contributed by atoms with Crippen molar-refractivity contribution in [3.8, 4) is 5.75 Å². The second-order valence-corrected chi connectivity index (χ2v) is 8.10. The molecule has 6 nitrogen and oxygen atoms in total. The van der Waals surface area contributed by atoms with Crippen molar-refractivity contribution in [2.45, 2.75) is 26.8 Å². The molecule has 0 spiro atoms. The minimum atomic E-state index is -3.68. The summed E-state index contributed by atoms with van der Waals surface area (Å²) in [6.45, 7) is 5.42. The van der Waals surface area contributed by atoms with E-state index < -0.39 is 22.0 Å². The maximum atomic E-state index is 12.7. The fourth-order valence-electron chi connectivity index (χ4n) is 2.75. The lowest BCUT2D eigenvalue weighted by molar-refractivity contribution is -0.116. The first kappa shape index (κ1) is 19.8. The predicted octanol–water partition coefficient (Wildman–Crippen LogP) is 3.11. The van der Waals surface area contributed by atoms with E-state index in [9.17, 15) is 13.2 Å². The van der Waals surface area contributed by atoms with Gasteiger partial charge in [0.2, 0.25) is 15.9 Å². The molecule has 1 amide bonds. The number of sulfonamides is 1. The van der Waals surface area contributed by atoms with Gasteiger partial charge in [-0.2, -0.15) is 0 Å². The second-order valence-electron chi connectivity index (χ2n) is 6.24. The molecule has 26 heavy (non-hydrogen) atoms. The Morgan fingerprint density at radius 1 is 1.15 bits per heavy atom. The summed E-state index contributed by atoms with van der Waals surface area (Å²) in [6.07, 6.45) is 1.08. The van der Waals surface area contributed by atoms with Crippen molar-refractivity contribution in [2.75, 3.05) is 23.0 Å². The molecular formula is C19H24N2O4S. The number of amides is 1. The van der Waals surface area contributed by atoms with Crippen LogP contribution in [-0.2, 0) is 14.8 Å². The topological polar surface area (TPSA) is 75.7 Å². The predicted molar refractivity (Wildman–Crippen MR) is 104 cm³/mol.